The first-order valence-electron chi connectivity index (χ1n) is 12.3. The van der Waals surface area contributed by atoms with E-state index in [0.717, 1.165) is 27.7 Å². The number of hydrogen-bond donors (Lipinski definition) is 6. The van der Waals surface area contributed by atoms with Crippen molar-refractivity contribution in [1.82, 2.24) is 14.5 Å². The minimum Gasteiger partial charge on any atom is -0.387 e. The lowest BCUT2D eigenvalue weighted by Gasteiger charge is -2.40. The van der Waals surface area contributed by atoms with Crippen molar-refractivity contribution in [2.24, 2.45) is 0 Å². The fourth-order valence-corrected chi connectivity index (χ4v) is 4.57. The number of benzene rings is 1. The van der Waals surface area contributed by atoms with Crippen molar-refractivity contribution in [1.29, 1.82) is 0 Å². The summed E-state index contributed by atoms with van der Waals surface area (Å²) in [5.41, 5.74) is -0.0336. The number of nitrogens with one attached hydrogen (secondary N) is 1. The van der Waals surface area contributed by atoms with Gasteiger partial charge in [0.15, 0.2) is 12.5 Å². The Morgan fingerprint density at radius 1 is 0.846 bits per heavy atom. The van der Waals surface area contributed by atoms with E-state index in [0.29, 0.717) is 5.69 Å². The normalized spacial score (nSPS) is 33.0. The van der Waals surface area contributed by atoms with E-state index in [1.54, 1.807) is 6.07 Å². The number of aromatic nitrogens is 3. The first kappa shape index (κ1) is 27.5. The second kappa shape index (κ2) is 11.6. The van der Waals surface area contributed by atoms with Crippen LogP contribution in [0, 0.1) is 0 Å². The molecule has 14 heteroatoms. The van der Waals surface area contributed by atoms with Crippen LogP contribution in [0.5, 0.6) is 0 Å². The highest BCUT2D eigenvalue weighted by Gasteiger charge is 2.47. The lowest BCUT2D eigenvalue weighted by atomic mass is 9.99. The average Bonchev–Trinajstić information content (AvgIpc) is 3.21. The van der Waals surface area contributed by atoms with Gasteiger partial charge in [-0.05, 0) is 12.1 Å². The van der Waals surface area contributed by atoms with E-state index < -0.39 is 73.1 Å². The van der Waals surface area contributed by atoms with E-state index in [1.165, 1.54) is 0 Å². The summed E-state index contributed by atoms with van der Waals surface area (Å²) < 4.78 is 23.3. The molecule has 1 aromatic carbocycles. The quantitative estimate of drug-likeness (QED) is 0.177. The van der Waals surface area contributed by atoms with Gasteiger partial charge in [0.05, 0.1) is 31.0 Å². The maximum atomic E-state index is 12.1. The number of rotatable bonds is 8. The minimum absolute atomic E-state index is 0.104. The van der Waals surface area contributed by atoms with Crippen LogP contribution in [0.2, 0.25) is 0 Å². The summed E-state index contributed by atoms with van der Waals surface area (Å²) in [6, 6.07) is 12.4. The number of pyridine rings is 1. The Hall–Kier alpha value is -3.05. The molecule has 4 heterocycles. The van der Waals surface area contributed by atoms with E-state index in [9.17, 15) is 35.1 Å². The number of hydrogen-bond acceptors (Lipinski definition) is 12. The predicted octanol–water partition coefficient (Wildman–Crippen LogP) is -2.25. The van der Waals surface area contributed by atoms with Gasteiger partial charge in [-0.2, -0.15) is 0 Å². The Morgan fingerprint density at radius 3 is 2.38 bits per heavy atom. The molecule has 0 amide bonds. The summed E-state index contributed by atoms with van der Waals surface area (Å²) in [4.78, 5) is 29.9. The molecule has 2 aliphatic heterocycles. The molecule has 0 radical (unpaired) electrons. The molecule has 210 valence electrons. The Kier molecular flexibility index (Phi) is 8.18. The van der Waals surface area contributed by atoms with Crippen LogP contribution in [0.4, 0.5) is 0 Å². The van der Waals surface area contributed by atoms with Crippen molar-refractivity contribution >= 4 is 10.9 Å². The summed E-state index contributed by atoms with van der Waals surface area (Å²) in [6.07, 6.45) is -11.6. The summed E-state index contributed by atoms with van der Waals surface area (Å²) in [6.45, 7) is -0.461. The third kappa shape index (κ3) is 5.79. The van der Waals surface area contributed by atoms with Crippen LogP contribution in [0.25, 0.3) is 10.9 Å². The van der Waals surface area contributed by atoms with Crippen molar-refractivity contribution in [2.75, 3.05) is 13.2 Å². The first-order chi connectivity index (χ1) is 18.7. The van der Waals surface area contributed by atoms with E-state index >= 15 is 0 Å². The zero-order chi connectivity index (χ0) is 27.7. The number of aromatic amines is 1. The smallest absolute Gasteiger partial charge is 0.330 e. The minimum atomic E-state index is -1.64. The van der Waals surface area contributed by atoms with Gasteiger partial charge in [0, 0.05) is 17.6 Å². The number of nitrogens with zero attached hydrogens (tertiary/aromatic N) is 2. The van der Waals surface area contributed by atoms with Crippen LogP contribution in [-0.4, -0.2) is 102 Å². The van der Waals surface area contributed by atoms with Gasteiger partial charge < -0.3 is 44.5 Å². The monoisotopic (exact) mass is 547 g/mol. The maximum absolute atomic E-state index is 12.1. The van der Waals surface area contributed by atoms with Crippen molar-refractivity contribution in [3.8, 4) is 0 Å². The second-order valence-corrected chi connectivity index (χ2v) is 9.42. The summed E-state index contributed by atoms with van der Waals surface area (Å²) in [5.74, 6) is 0. The van der Waals surface area contributed by atoms with Gasteiger partial charge in [0.1, 0.15) is 42.7 Å². The largest absolute Gasteiger partial charge is 0.387 e. The maximum Gasteiger partial charge on any atom is 0.330 e. The molecule has 9 atom stereocenters. The highest BCUT2D eigenvalue weighted by atomic mass is 16.7. The highest BCUT2D eigenvalue weighted by Crippen LogP contribution is 2.30. The molecular formula is C25H29N3O11. The van der Waals surface area contributed by atoms with E-state index in [1.807, 2.05) is 35.3 Å². The molecular weight excluding hydrogens is 518 g/mol. The Morgan fingerprint density at radius 2 is 1.59 bits per heavy atom. The zero-order valence-corrected chi connectivity index (χ0v) is 20.5. The SMILES string of the molecule is O=c1ccn([C@@H]2O[C@H](CO[C@@H]3O[C@H](COCc4ccc5ccccc5n4)[C@@H](O)[C@H](O)[C@H]3O)[C@@H](O)[C@H]2O)c(=O)[nH]1. The lowest BCUT2D eigenvalue weighted by molar-refractivity contribution is -0.308. The standard InChI is InChI=1S/C25H29N3O11/c29-17-7-8-28(25(35)27-17)23-21(33)19(31)16(38-23)11-37-24-22(34)20(32)18(30)15(39-24)10-36-9-13-6-5-12-3-1-2-4-14(12)26-13/h1-8,15-16,18-24,30-34H,9-11H2,(H,27,29,35)/t15-,16-,18-,19-,20+,21-,22-,23-,24-/m1/s1. The molecule has 0 bridgehead atoms. The predicted molar refractivity (Wildman–Crippen MR) is 131 cm³/mol. The molecule has 0 aliphatic carbocycles. The molecule has 3 aromatic rings. The average molecular weight is 548 g/mol. The van der Waals surface area contributed by atoms with Crippen LogP contribution in [0.15, 0.2) is 58.3 Å². The molecule has 14 nitrogen and oxygen atoms in total. The second-order valence-electron chi connectivity index (χ2n) is 9.42. The van der Waals surface area contributed by atoms with Crippen molar-refractivity contribution in [2.45, 2.75) is 61.9 Å². The topological polar surface area (TPSA) is 206 Å². The molecule has 0 saturated carbocycles. The van der Waals surface area contributed by atoms with Gasteiger partial charge in [-0.15, -0.1) is 0 Å². The summed E-state index contributed by atoms with van der Waals surface area (Å²) in [7, 11) is 0. The van der Waals surface area contributed by atoms with E-state index in [4.69, 9.17) is 18.9 Å². The lowest BCUT2D eigenvalue weighted by Crippen LogP contribution is -2.59. The third-order valence-electron chi connectivity index (χ3n) is 6.74. The van der Waals surface area contributed by atoms with Crippen LogP contribution < -0.4 is 11.2 Å². The van der Waals surface area contributed by atoms with Crippen LogP contribution in [0.3, 0.4) is 0 Å². The molecule has 2 aromatic heterocycles. The molecule has 2 fully saturated rings. The van der Waals surface area contributed by atoms with Crippen LogP contribution in [-0.2, 0) is 25.6 Å². The molecule has 0 unspecified atom stereocenters. The Balaban J connectivity index is 1.18. The van der Waals surface area contributed by atoms with Crippen molar-refractivity contribution < 1.29 is 44.5 Å². The van der Waals surface area contributed by atoms with Gasteiger partial charge >= 0.3 is 5.69 Å². The van der Waals surface area contributed by atoms with Gasteiger partial charge in [0.25, 0.3) is 5.56 Å². The molecule has 39 heavy (non-hydrogen) atoms. The van der Waals surface area contributed by atoms with Crippen LogP contribution in [0.1, 0.15) is 11.9 Å². The first-order valence-corrected chi connectivity index (χ1v) is 12.3. The molecule has 6 N–H and O–H groups in total. The molecule has 0 spiro atoms. The van der Waals surface area contributed by atoms with Crippen molar-refractivity contribution in [3.63, 3.8) is 0 Å². The highest BCUT2D eigenvalue weighted by molar-refractivity contribution is 5.78. The summed E-state index contributed by atoms with van der Waals surface area (Å²) in [5, 5.41) is 52.9. The van der Waals surface area contributed by atoms with Crippen LogP contribution >= 0.6 is 0 Å². The van der Waals surface area contributed by atoms with Gasteiger partial charge in [-0.1, -0.05) is 24.3 Å². The molecule has 2 saturated heterocycles. The molecule has 5 rings (SSSR count). The third-order valence-corrected chi connectivity index (χ3v) is 6.74. The number of aliphatic hydroxyl groups excluding tert-OH is 5. The molecule has 2 aliphatic rings. The number of fused-ring (bicyclic) bond motifs is 1. The Bertz CT molecular complexity index is 1400. The van der Waals surface area contributed by atoms with Gasteiger partial charge in [-0.25, -0.2) is 4.79 Å². The van der Waals surface area contributed by atoms with Crippen molar-refractivity contribution in [3.05, 3.63) is 75.2 Å². The number of para-hydroxylation sites is 1. The van der Waals surface area contributed by atoms with E-state index in [-0.39, 0.29) is 13.2 Å². The van der Waals surface area contributed by atoms with Gasteiger partial charge in [0.2, 0.25) is 0 Å². The number of aliphatic hydroxyl groups is 5. The zero-order valence-electron chi connectivity index (χ0n) is 20.5. The number of H-pyrrole nitrogens is 1. The van der Waals surface area contributed by atoms with E-state index in [2.05, 4.69) is 4.98 Å². The number of ether oxygens (including phenoxy) is 4. The summed E-state index contributed by atoms with van der Waals surface area (Å²) >= 11 is 0. The van der Waals surface area contributed by atoms with Gasteiger partial charge in [-0.3, -0.25) is 19.3 Å². The Labute approximate surface area is 220 Å². The fraction of sp³-hybridized carbons (Fsp3) is 0.480. The fourth-order valence-electron chi connectivity index (χ4n) is 4.57.